The Balaban J connectivity index is 2.00. The minimum absolute atomic E-state index is 0.162. The number of hydrogen-bond acceptors (Lipinski definition) is 7. The molecule has 0 unspecified atom stereocenters. The van der Waals surface area contributed by atoms with Crippen molar-refractivity contribution in [2.45, 2.75) is 0 Å². The van der Waals surface area contributed by atoms with Gasteiger partial charge in [0.25, 0.3) is 5.91 Å². The van der Waals surface area contributed by atoms with E-state index in [-0.39, 0.29) is 11.3 Å². The number of phenols is 2. The number of phenolic OH excluding ortho intramolecular Hbond substituents is 2. The van der Waals surface area contributed by atoms with Crippen molar-refractivity contribution >= 4 is 17.6 Å². The second kappa shape index (κ2) is 7.91. The Kier molecular flexibility index (Phi) is 5.67. The number of rotatable bonds is 6. The van der Waals surface area contributed by atoms with Crippen LogP contribution in [-0.2, 0) is 9.53 Å². The highest BCUT2D eigenvalue weighted by Gasteiger charge is 2.16. The highest BCUT2D eigenvalue weighted by molar-refractivity contribution is 5.97. The highest BCUT2D eigenvalue weighted by atomic mass is 16.5. The van der Waals surface area contributed by atoms with E-state index in [4.69, 9.17) is 14.2 Å². The molecule has 8 heteroatoms. The third-order valence-corrected chi connectivity index (χ3v) is 3.22. The maximum Gasteiger partial charge on any atom is 0.342 e. The molecule has 0 aliphatic rings. The summed E-state index contributed by atoms with van der Waals surface area (Å²) in [6.45, 7) is -0.570. The molecule has 0 fully saturated rings. The lowest BCUT2D eigenvalue weighted by atomic mass is 10.2. The molecular formula is C17H17NO7. The van der Waals surface area contributed by atoms with Crippen molar-refractivity contribution in [3.05, 3.63) is 42.0 Å². The van der Waals surface area contributed by atoms with E-state index in [2.05, 4.69) is 5.32 Å². The molecule has 0 atom stereocenters. The average Bonchev–Trinajstić information content (AvgIpc) is 2.59. The predicted octanol–water partition coefficient (Wildman–Crippen LogP) is 1.91. The van der Waals surface area contributed by atoms with E-state index in [1.807, 2.05) is 0 Å². The van der Waals surface area contributed by atoms with Gasteiger partial charge in [-0.15, -0.1) is 0 Å². The van der Waals surface area contributed by atoms with Crippen molar-refractivity contribution < 1.29 is 34.0 Å². The quantitative estimate of drug-likeness (QED) is 0.684. The number of hydrogen-bond donors (Lipinski definition) is 3. The van der Waals surface area contributed by atoms with Crippen molar-refractivity contribution in [3.63, 3.8) is 0 Å². The van der Waals surface area contributed by atoms with Gasteiger partial charge in [-0.05, 0) is 24.3 Å². The van der Waals surface area contributed by atoms with Crippen LogP contribution in [0.15, 0.2) is 36.4 Å². The highest BCUT2D eigenvalue weighted by Crippen LogP contribution is 2.29. The standard InChI is InChI=1S/C17H17NO7/c1-23-11-4-6-15(24-2)13(8-11)18-16(21)9-25-17(22)12-5-3-10(19)7-14(12)20/h3-8,19-20H,9H2,1-2H3,(H,18,21). The molecule has 1 amide bonds. The van der Waals surface area contributed by atoms with Crippen LogP contribution in [-0.4, -0.2) is 42.9 Å². The fourth-order valence-corrected chi connectivity index (χ4v) is 2.00. The smallest absolute Gasteiger partial charge is 0.342 e. The van der Waals surface area contributed by atoms with Crippen LogP contribution in [0.4, 0.5) is 5.69 Å². The van der Waals surface area contributed by atoms with Gasteiger partial charge in [0.1, 0.15) is 28.6 Å². The summed E-state index contributed by atoms with van der Waals surface area (Å²) in [5.74, 6) is -1.21. The fraction of sp³-hybridized carbons (Fsp3) is 0.176. The Bertz CT molecular complexity index is 789. The number of methoxy groups -OCH3 is 2. The largest absolute Gasteiger partial charge is 0.508 e. The third kappa shape index (κ3) is 4.54. The molecule has 2 aromatic carbocycles. The van der Waals surface area contributed by atoms with Gasteiger partial charge in [-0.25, -0.2) is 4.79 Å². The Morgan fingerprint density at radius 3 is 2.44 bits per heavy atom. The van der Waals surface area contributed by atoms with Gasteiger partial charge >= 0.3 is 5.97 Å². The molecule has 0 heterocycles. The van der Waals surface area contributed by atoms with Crippen LogP contribution in [0.2, 0.25) is 0 Å². The van der Waals surface area contributed by atoms with E-state index in [1.165, 1.54) is 26.4 Å². The maximum absolute atomic E-state index is 12.0. The molecule has 2 rings (SSSR count). The first-order valence-corrected chi connectivity index (χ1v) is 7.15. The molecule has 8 nitrogen and oxygen atoms in total. The van der Waals surface area contributed by atoms with E-state index in [0.29, 0.717) is 17.2 Å². The third-order valence-electron chi connectivity index (χ3n) is 3.22. The summed E-state index contributed by atoms with van der Waals surface area (Å²) in [7, 11) is 2.93. The first kappa shape index (κ1) is 17.9. The number of nitrogens with one attached hydrogen (secondary N) is 1. The van der Waals surface area contributed by atoms with Gasteiger partial charge in [-0.3, -0.25) is 4.79 Å². The lowest BCUT2D eigenvalue weighted by molar-refractivity contribution is -0.119. The summed E-state index contributed by atoms with van der Waals surface area (Å²) in [6, 6.07) is 8.26. The molecular weight excluding hydrogens is 330 g/mol. The van der Waals surface area contributed by atoms with Crippen LogP contribution in [0.1, 0.15) is 10.4 Å². The van der Waals surface area contributed by atoms with Crippen LogP contribution in [0.25, 0.3) is 0 Å². The zero-order valence-electron chi connectivity index (χ0n) is 13.6. The van der Waals surface area contributed by atoms with Gasteiger partial charge in [0.15, 0.2) is 6.61 Å². The average molecular weight is 347 g/mol. The Hall–Kier alpha value is -3.42. The molecule has 0 saturated carbocycles. The fourth-order valence-electron chi connectivity index (χ4n) is 2.00. The number of benzene rings is 2. The first-order valence-electron chi connectivity index (χ1n) is 7.15. The molecule has 0 spiro atoms. The number of carbonyl (C=O) groups excluding carboxylic acids is 2. The SMILES string of the molecule is COc1ccc(OC)c(NC(=O)COC(=O)c2ccc(O)cc2O)c1. The normalized spacial score (nSPS) is 10.0. The van der Waals surface area contributed by atoms with Gasteiger partial charge in [-0.2, -0.15) is 0 Å². The van der Waals surface area contributed by atoms with Gasteiger partial charge in [0.2, 0.25) is 0 Å². The van der Waals surface area contributed by atoms with Crippen LogP contribution >= 0.6 is 0 Å². The van der Waals surface area contributed by atoms with E-state index >= 15 is 0 Å². The van der Waals surface area contributed by atoms with Crippen molar-refractivity contribution in [1.82, 2.24) is 0 Å². The maximum atomic E-state index is 12.0. The molecule has 25 heavy (non-hydrogen) atoms. The lowest BCUT2D eigenvalue weighted by Gasteiger charge is -2.12. The van der Waals surface area contributed by atoms with Crippen molar-refractivity contribution in [3.8, 4) is 23.0 Å². The van der Waals surface area contributed by atoms with E-state index in [9.17, 15) is 19.8 Å². The van der Waals surface area contributed by atoms with Gasteiger partial charge in [0, 0.05) is 12.1 Å². The molecule has 132 valence electrons. The van der Waals surface area contributed by atoms with Crippen LogP contribution in [0.3, 0.4) is 0 Å². The summed E-state index contributed by atoms with van der Waals surface area (Å²) in [6.07, 6.45) is 0. The number of esters is 1. The Morgan fingerprint density at radius 2 is 1.80 bits per heavy atom. The number of anilines is 1. The van der Waals surface area contributed by atoms with E-state index in [0.717, 1.165) is 6.07 Å². The lowest BCUT2D eigenvalue weighted by Crippen LogP contribution is -2.21. The molecule has 0 aliphatic heterocycles. The number of ether oxygens (including phenoxy) is 3. The van der Waals surface area contributed by atoms with Gasteiger partial charge in [0.05, 0.1) is 19.9 Å². The first-order chi connectivity index (χ1) is 11.9. The molecule has 0 aliphatic carbocycles. The van der Waals surface area contributed by atoms with Crippen LogP contribution in [0, 0.1) is 0 Å². The molecule has 0 bridgehead atoms. The topological polar surface area (TPSA) is 114 Å². The summed E-state index contributed by atoms with van der Waals surface area (Å²) in [4.78, 5) is 23.8. The number of amides is 1. The summed E-state index contributed by atoms with van der Waals surface area (Å²) < 4.78 is 15.1. The van der Waals surface area contributed by atoms with Crippen LogP contribution in [0.5, 0.6) is 23.0 Å². The Labute approximate surface area is 143 Å². The minimum Gasteiger partial charge on any atom is -0.508 e. The molecule has 3 N–H and O–H groups in total. The van der Waals surface area contributed by atoms with E-state index < -0.39 is 24.2 Å². The van der Waals surface area contributed by atoms with Gasteiger partial charge < -0.3 is 29.7 Å². The van der Waals surface area contributed by atoms with Crippen molar-refractivity contribution in [2.75, 3.05) is 26.1 Å². The van der Waals surface area contributed by atoms with Crippen molar-refractivity contribution in [2.24, 2.45) is 0 Å². The molecule has 0 saturated heterocycles. The summed E-state index contributed by atoms with van der Waals surface area (Å²) >= 11 is 0. The second-order valence-corrected chi connectivity index (χ2v) is 4.89. The zero-order valence-corrected chi connectivity index (χ0v) is 13.6. The second-order valence-electron chi connectivity index (χ2n) is 4.89. The van der Waals surface area contributed by atoms with E-state index in [1.54, 1.807) is 18.2 Å². The summed E-state index contributed by atoms with van der Waals surface area (Å²) in [5, 5.41) is 21.3. The summed E-state index contributed by atoms with van der Waals surface area (Å²) in [5.41, 5.74) is 0.194. The molecule has 0 radical (unpaired) electrons. The molecule has 2 aromatic rings. The van der Waals surface area contributed by atoms with Crippen molar-refractivity contribution in [1.29, 1.82) is 0 Å². The van der Waals surface area contributed by atoms with Gasteiger partial charge in [-0.1, -0.05) is 0 Å². The predicted molar refractivity (Wildman–Crippen MR) is 88.2 cm³/mol. The monoisotopic (exact) mass is 347 g/mol. The number of carbonyl (C=O) groups is 2. The zero-order chi connectivity index (χ0) is 18.4. The van der Waals surface area contributed by atoms with Crippen LogP contribution < -0.4 is 14.8 Å². The Morgan fingerprint density at radius 1 is 1.04 bits per heavy atom. The minimum atomic E-state index is -0.898. The molecule has 0 aromatic heterocycles. The number of aromatic hydroxyl groups is 2.